The highest BCUT2D eigenvalue weighted by atomic mass is 16.5. The molecule has 3 amide bonds. The minimum atomic E-state index is -0.761. The quantitative estimate of drug-likeness (QED) is 0.541. The molecule has 156 valence electrons. The molecule has 0 unspecified atom stereocenters. The van der Waals surface area contributed by atoms with Crippen molar-refractivity contribution in [3.8, 4) is 11.5 Å². The highest BCUT2D eigenvalue weighted by Crippen LogP contribution is 2.35. The van der Waals surface area contributed by atoms with Gasteiger partial charge >= 0.3 is 5.97 Å². The van der Waals surface area contributed by atoms with Crippen molar-refractivity contribution in [2.45, 2.75) is 6.54 Å². The average molecular weight is 412 g/mol. The van der Waals surface area contributed by atoms with Gasteiger partial charge < -0.3 is 19.5 Å². The van der Waals surface area contributed by atoms with Gasteiger partial charge in [-0.25, -0.2) is 4.79 Å². The molecule has 1 aliphatic rings. The minimum Gasteiger partial charge on any atom is -0.493 e. The summed E-state index contributed by atoms with van der Waals surface area (Å²) < 4.78 is 15.7. The van der Waals surface area contributed by atoms with Gasteiger partial charge in [0.05, 0.1) is 37.5 Å². The van der Waals surface area contributed by atoms with Crippen molar-refractivity contribution in [2.75, 3.05) is 27.9 Å². The number of methoxy groups -OCH3 is 2. The van der Waals surface area contributed by atoms with Crippen molar-refractivity contribution in [2.24, 2.45) is 0 Å². The van der Waals surface area contributed by atoms with E-state index < -0.39 is 30.3 Å². The maximum atomic E-state index is 12.7. The molecule has 0 saturated heterocycles. The van der Waals surface area contributed by atoms with Crippen LogP contribution in [0.4, 0.5) is 0 Å². The molecule has 2 aromatic rings. The lowest BCUT2D eigenvalue weighted by Crippen LogP contribution is -2.29. The summed E-state index contributed by atoms with van der Waals surface area (Å²) >= 11 is 0. The maximum absolute atomic E-state index is 12.7. The number of amides is 3. The van der Waals surface area contributed by atoms with Gasteiger partial charge in [-0.3, -0.25) is 19.3 Å². The van der Waals surface area contributed by atoms with Crippen LogP contribution in [0.25, 0.3) is 0 Å². The second kappa shape index (κ2) is 8.64. The molecule has 0 atom stereocenters. The van der Waals surface area contributed by atoms with Gasteiger partial charge in [0.15, 0.2) is 18.1 Å². The van der Waals surface area contributed by atoms with Crippen LogP contribution < -0.4 is 14.8 Å². The first-order valence-electron chi connectivity index (χ1n) is 8.99. The fourth-order valence-electron chi connectivity index (χ4n) is 3.12. The molecular formula is C21H20N2O7. The number of carbonyl (C=O) groups excluding carboxylic acids is 4. The van der Waals surface area contributed by atoms with Crippen LogP contribution in [0.1, 0.15) is 36.6 Å². The number of ether oxygens (including phenoxy) is 3. The van der Waals surface area contributed by atoms with Crippen LogP contribution in [0.5, 0.6) is 11.5 Å². The van der Waals surface area contributed by atoms with E-state index in [1.54, 1.807) is 24.3 Å². The third-order valence-electron chi connectivity index (χ3n) is 4.61. The average Bonchev–Trinajstić information content (AvgIpc) is 3.01. The molecule has 1 N–H and O–H groups in total. The molecule has 3 rings (SSSR count). The SMILES string of the molecule is CNC(=O)COC(=O)c1cc(CN2C(=O)c3ccccc3C2=O)c(OC)c(OC)c1. The van der Waals surface area contributed by atoms with E-state index in [4.69, 9.17) is 14.2 Å². The second-order valence-corrected chi connectivity index (χ2v) is 6.36. The van der Waals surface area contributed by atoms with Gasteiger partial charge in [-0.05, 0) is 24.3 Å². The Morgan fingerprint density at radius 2 is 1.63 bits per heavy atom. The number of hydrogen-bond donors (Lipinski definition) is 1. The number of fused-ring (bicyclic) bond motifs is 1. The van der Waals surface area contributed by atoms with Crippen LogP contribution in [0, 0.1) is 0 Å². The van der Waals surface area contributed by atoms with E-state index >= 15 is 0 Å². The van der Waals surface area contributed by atoms with E-state index in [1.807, 2.05) is 0 Å². The smallest absolute Gasteiger partial charge is 0.338 e. The Labute approximate surface area is 172 Å². The molecule has 30 heavy (non-hydrogen) atoms. The summed E-state index contributed by atoms with van der Waals surface area (Å²) in [5, 5.41) is 2.35. The molecule has 0 spiro atoms. The van der Waals surface area contributed by atoms with E-state index in [-0.39, 0.29) is 23.6 Å². The Balaban J connectivity index is 1.94. The zero-order valence-electron chi connectivity index (χ0n) is 16.7. The van der Waals surface area contributed by atoms with Gasteiger partial charge in [0.25, 0.3) is 17.7 Å². The van der Waals surface area contributed by atoms with Crippen molar-refractivity contribution >= 4 is 23.7 Å². The Morgan fingerprint density at radius 3 is 2.17 bits per heavy atom. The van der Waals surface area contributed by atoms with Crippen LogP contribution in [0.2, 0.25) is 0 Å². The standard InChI is InChI=1S/C21H20N2O7/c1-22-17(24)11-30-21(27)12-8-13(18(29-3)16(9-12)28-2)10-23-19(25)14-6-4-5-7-15(14)20(23)26/h4-9H,10-11H2,1-3H3,(H,22,24). The molecule has 0 saturated carbocycles. The van der Waals surface area contributed by atoms with Crippen molar-refractivity contribution in [1.29, 1.82) is 0 Å². The fraction of sp³-hybridized carbons (Fsp3) is 0.238. The first-order valence-corrected chi connectivity index (χ1v) is 8.99. The minimum absolute atomic E-state index is 0.0863. The second-order valence-electron chi connectivity index (χ2n) is 6.36. The zero-order valence-corrected chi connectivity index (χ0v) is 16.7. The third kappa shape index (κ3) is 3.82. The molecule has 0 aromatic heterocycles. The predicted molar refractivity (Wildman–Crippen MR) is 105 cm³/mol. The molecule has 0 fully saturated rings. The number of rotatable bonds is 7. The van der Waals surface area contributed by atoms with E-state index in [9.17, 15) is 19.2 Å². The van der Waals surface area contributed by atoms with Gasteiger partial charge in [0.1, 0.15) is 0 Å². The molecule has 9 nitrogen and oxygen atoms in total. The van der Waals surface area contributed by atoms with Gasteiger partial charge in [0, 0.05) is 12.6 Å². The fourth-order valence-corrected chi connectivity index (χ4v) is 3.12. The van der Waals surface area contributed by atoms with E-state index in [2.05, 4.69) is 5.32 Å². The molecule has 0 bridgehead atoms. The third-order valence-corrected chi connectivity index (χ3v) is 4.61. The van der Waals surface area contributed by atoms with Crippen molar-refractivity contribution < 1.29 is 33.4 Å². The summed E-state index contributed by atoms with van der Waals surface area (Å²) in [5.41, 5.74) is 1.09. The number of nitrogens with zero attached hydrogens (tertiary/aromatic N) is 1. The van der Waals surface area contributed by atoms with Crippen LogP contribution in [0.15, 0.2) is 36.4 Å². The lowest BCUT2D eigenvalue weighted by Gasteiger charge is -2.19. The molecule has 0 aliphatic carbocycles. The summed E-state index contributed by atoms with van der Waals surface area (Å²) in [6.07, 6.45) is 0. The summed E-state index contributed by atoms with van der Waals surface area (Å²) in [7, 11) is 4.23. The van der Waals surface area contributed by atoms with Crippen LogP contribution in [-0.4, -0.2) is 56.5 Å². The highest BCUT2D eigenvalue weighted by Gasteiger charge is 2.36. The van der Waals surface area contributed by atoms with E-state index in [0.29, 0.717) is 16.7 Å². The highest BCUT2D eigenvalue weighted by molar-refractivity contribution is 6.21. The number of likely N-dealkylation sites (N-methyl/N-ethyl adjacent to an activating group) is 1. The summed E-state index contributed by atoms with van der Waals surface area (Å²) in [6.45, 7) is -0.583. The molecule has 9 heteroatoms. The Hall–Kier alpha value is -3.88. The van der Waals surface area contributed by atoms with E-state index in [0.717, 1.165) is 4.90 Å². The first-order chi connectivity index (χ1) is 14.4. The number of benzene rings is 2. The molecular weight excluding hydrogens is 392 g/mol. The normalized spacial score (nSPS) is 12.4. The number of carbonyl (C=O) groups is 4. The zero-order chi connectivity index (χ0) is 21.8. The van der Waals surface area contributed by atoms with Gasteiger partial charge in [-0.1, -0.05) is 12.1 Å². The monoisotopic (exact) mass is 412 g/mol. The predicted octanol–water partition coefficient (Wildman–Crippen LogP) is 1.40. The van der Waals surface area contributed by atoms with Crippen LogP contribution >= 0.6 is 0 Å². The molecule has 2 aromatic carbocycles. The summed E-state index contributed by atoms with van der Waals surface area (Å²) in [5.74, 6) is -1.61. The Bertz CT molecular complexity index is 997. The Kier molecular flexibility index (Phi) is 6.01. The van der Waals surface area contributed by atoms with Crippen molar-refractivity contribution in [3.05, 3.63) is 58.7 Å². The number of imide groups is 1. The first kappa shape index (κ1) is 20.8. The number of esters is 1. The lowest BCUT2D eigenvalue weighted by molar-refractivity contribution is -0.123. The maximum Gasteiger partial charge on any atom is 0.338 e. The van der Waals surface area contributed by atoms with Crippen molar-refractivity contribution in [1.82, 2.24) is 10.2 Å². The van der Waals surface area contributed by atoms with Crippen LogP contribution in [0.3, 0.4) is 0 Å². The molecule has 0 radical (unpaired) electrons. The van der Waals surface area contributed by atoms with Crippen LogP contribution in [-0.2, 0) is 16.1 Å². The number of hydrogen-bond acceptors (Lipinski definition) is 7. The van der Waals surface area contributed by atoms with Gasteiger partial charge in [0.2, 0.25) is 0 Å². The number of nitrogens with one attached hydrogen (secondary N) is 1. The van der Waals surface area contributed by atoms with Gasteiger partial charge in [-0.2, -0.15) is 0 Å². The lowest BCUT2D eigenvalue weighted by atomic mass is 10.1. The largest absolute Gasteiger partial charge is 0.493 e. The van der Waals surface area contributed by atoms with E-state index in [1.165, 1.54) is 33.4 Å². The molecule has 1 aliphatic heterocycles. The topological polar surface area (TPSA) is 111 Å². The summed E-state index contributed by atoms with van der Waals surface area (Å²) in [6, 6.07) is 9.37. The van der Waals surface area contributed by atoms with Crippen molar-refractivity contribution in [3.63, 3.8) is 0 Å². The summed E-state index contributed by atoms with van der Waals surface area (Å²) in [4.78, 5) is 50.2. The molecule has 1 heterocycles. The van der Waals surface area contributed by atoms with Gasteiger partial charge in [-0.15, -0.1) is 0 Å². The Morgan fingerprint density at radius 1 is 1.00 bits per heavy atom.